The number of nitrogens with zero attached hydrogens (tertiary/aromatic N) is 5. The van der Waals surface area contributed by atoms with E-state index in [0.717, 1.165) is 28.2 Å². The summed E-state index contributed by atoms with van der Waals surface area (Å²) in [4.78, 5) is 0. The van der Waals surface area contributed by atoms with E-state index in [1.165, 1.54) is 0 Å². The van der Waals surface area contributed by atoms with E-state index in [1.54, 1.807) is 26.4 Å². The lowest BCUT2D eigenvalue weighted by atomic mass is 9.94. The smallest absolute Gasteiger partial charge is 0.160 e. The molecule has 0 fully saturated rings. The van der Waals surface area contributed by atoms with Crippen LogP contribution in [0.15, 0.2) is 82.0 Å². The Balaban J connectivity index is 1.49. The van der Waals surface area contributed by atoms with E-state index in [4.69, 9.17) is 24.8 Å². The van der Waals surface area contributed by atoms with Crippen LogP contribution in [0.2, 0.25) is 0 Å². The minimum Gasteiger partial charge on any atom is -0.504 e. The third-order valence-corrected chi connectivity index (χ3v) is 7.43. The highest BCUT2D eigenvalue weighted by molar-refractivity contribution is 6.69. The molecule has 0 spiro atoms. The highest BCUT2D eigenvalue weighted by atomic mass is 16.5. The van der Waals surface area contributed by atoms with Crippen molar-refractivity contribution in [1.82, 2.24) is 10.0 Å². The number of hydrogen-bond donors (Lipinski definition) is 3. The molecule has 3 aromatic rings. The highest BCUT2D eigenvalue weighted by Crippen LogP contribution is 2.38. The number of phenolic OH excluding ortho intramolecular Hbond substituents is 2. The lowest BCUT2D eigenvalue weighted by Crippen LogP contribution is -2.24. The zero-order valence-electron chi connectivity index (χ0n) is 23.8. The number of aromatic hydroxyl groups is 2. The summed E-state index contributed by atoms with van der Waals surface area (Å²) in [6.07, 6.45) is 1.22. The first-order chi connectivity index (χ1) is 19.9. The quantitative estimate of drug-likeness (QED) is 0.222. The molecule has 10 heteroatoms. The molecule has 41 heavy (non-hydrogen) atoms. The van der Waals surface area contributed by atoms with Crippen LogP contribution in [0.25, 0.3) is 0 Å². The molecular formula is C31H36N6O4. The predicted octanol–water partition coefficient (Wildman–Crippen LogP) is 5.53. The van der Waals surface area contributed by atoms with E-state index in [-0.39, 0.29) is 23.6 Å². The zero-order chi connectivity index (χ0) is 28.9. The van der Waals surface area contributed by atoms with Crippen LogP contribution in [0, 0.1) is 0 Å². The van der Waals surface area contributed by atoms with Crippen molar-refractivity contribution >= 4 is 22.8 Å². The van der Waals surface area contributed by atoms with Gasteiger partial charge in [-0.15, -0.1) is 0 Å². The van der Waals surface area contributed by atoms with Crippen molar-refractivity contribution in [2.24, 2.45) is 15.3 Å². The van der Waals surface area contributed by atoms with Gasteiger partial charge in [-0.1, -0.05) is 30.3 Å². The molecule has 2 heterocycles. The van der Waals surface area contributed by atoms with Gasteiger partial charge in [-0.2, -0.15) is 15.3 Å². The van der Waals surface area contributed by atoms with Gasteiger partial charge in [-0.3, -0.25) is 15.4 Å². The first kappa shape index (κ1) is 27.8. The van der Waals surface area contributed by atoms with E-state index < -0.39 is 0 Å². The lowest BCUT2D eigenvalue weighted by molar-refractivity contribution is 0.245. The molecule has 2 unspecified atom stereocenters. The molecule has 0 bridgehead atoms. The first-order valence-corrected chi connectivity index (χ1v) is 13.8. The fourth-order valence-electron chi connectivity index (χ4n) is 5.29. The van der Waals surface area contributed by atoms with Gasteiger partial charge < -0.3 is 19.7 Å². The van der Waals surface area contributed by atoms with Crippen LogP contribution < -0.4 is 14.9 Å². The molecule has 10 nitrogen and oxygen atoms in total. The number of nitrogens with one attached hydrogen (secondary N) is 1. The summed E-state index contributed by atoms with van der Waals surface area (Å²) in [7, 11) is 3.09. The van der Waals surface area contributed by atoms with E-state index in [2.05, 4.69) is 19.3 Å². The van der Waals surface area contributed by atoms with Crippen LogP contribution in [0.1, 0.15) is 49.9 Å². The molecule has 2 aliphatic rings. The highest BCUT2D eigenvalue weighted by Gasteiger charge is 2.36. The van der Waals surface area contributed by atoms with Crippen LogP contribution in [-0.2, 0) is 0 Å². The summed E-state index contributed by atoms with van der Waals surface area (Å²) < 4.78 is 10.7. The average Bonchev–Trinajstić information content (AvgIpc) is 3.63. The Bertz CT molecular complexity index is 1390. The standard InChI is InChI=1S/C31H36N6O4/c1-5-36-25(20-12-14-27(38)29(16-20)40-3)18-23(34-36)31(33-32-22-10-8-7-9-11-22)24-19-26(37(6-2)35-24)21-13-15-28(39)30(17-21)41-4/h7-17,25-26,32,38-39H,5-6,18-19H2,1-4H3. The maximum absolute atomic E-state index is 10.1. The second kappa shape index (κ2) is 12.2. The van der Waals surface area contributed by atoms with Gasteiger partial charge in [0.05, 0.1) is 43.4 Å². The predicted molar refractivity (Wildman–Crippen MR) is 161 cm³/mol. The minimum absolute atomic E-state index is 0.0483. The van der Waals surface area contributed by atoms with Gasteiger partial charge in [-0.25, -0.2) is 0 Å². The van der Waals surface area contributed by atoms with Crippen molar-refractivity contribution in [2.45, 2.75) is 38.8 Å². The van der Waals surface area contributed by atoms with Crippen molar-refractivity contribution in [1.29, 1.82) is 0 Å². The SMILES string of the molecule is CCN1N=C(C(=NNc2ccccc2)C2=NN(CC)C(c3ccc(O)c(OC)c3)C2)CC1c1ccc(O)c(OC)c1. The Kier molecular flexibility index (Phi) is 8.28. The molecule has 214 valence electrons. The van der Waals surface area contributed by atoms with E-state index in [1.807, 2.05) is 64.6 Å². The molecular weight excluding hydrogens is 520 g/mol. The van der Waals surface area contributed by atoms with E-state index in [9.17, 15) is 10.2 Å². The molecule has 3 aromatic carbocycles. The number of phenols is 2. The number of rotatable bonds is 10. The van der Waals surface area contributed by atoms with Gasteiger partial charge in [0.1, 0.15) is 5.71 Å². The molecule has 0 saturated carbocycles. The number of hydrazone groups is 3. The summed E-state index contributed by atoms with van der Waals surface area (Å²) >= 11 is 0. The Labute approximate surface area is 240 Å². The molecule has 3 N–H and O–H groups in total. The van der Waals surface area contributed by atoms with Crippen molar-refractivity contribution in [2.75, 3.05) is 32.7 Å². The Morgan fingerprint density at radius 3 is 1.73 bits per heavy atom. The van der Waals surface area contributed by atoms with Crippen LogP contribution in [-0.4, -0.2) is 64.7 Å². The summed E-state index contributed by atoms with van der Waals surface area (Å²) in [6, 6.07) is 20.5. The molecule has 0 saturated heterocycles. The van der Waals surface area contributed by atoms with Gasteiger partial charge >= 0.3 is 0 Å². The van der Waals surface area contributed by atoms with Crippen molar-refractivity contribution in [3.63, 3.8) is 0 Å². The maximum Gasteiger partial charge on any atom is 0.160 e. The number of anilines is 1. The molecule has 0 aromatic heterocycles. The Morgan fingerprint density at radius 2 is 1.29 bits per heavy atom. The second-order valence-corrected chi connectivity index (χ2v) is 9.85. The molecule has 0 amide bonds. The molecule has 0 radical (unpaired) electrons. The van der Waals surface area contributed by atoms with Crippen LogP contribution in [0.4, 0.5) is 5.69 Å². The fraction of sp³-hybridized carbons (Fsp3) is 0.323. The summed E-state index contributed by atoms with van der Waals surface area (Å²) in [5.74, 6) is 1.06. The van der Waals surface area contributed by atoms with Crippen LogP contribution >= 0.6 is 0 Å². The van der Waals surface area contributed by atoms with Gasteiger partial charge in [0.15, 0.2) is 23.0 Å². The normalized spacial score (nSPS) is 18.1. The summed E-state index contributed by atoms with van der Waals surface area (Å²) in [5, 5.41) is 39.2. The van der Waals surface area contributed by atoms with Gasteiger partial charge in [0.25, 0.3) is 0 Å². The van der Waals surface area contributed by atoms with Gasteiger partial charge in [0, 0.05) is 25.9 Å². The Hall–Kier alpha value is -4.73. The monoisotopic (exact) mass is 556 g/mol. The molecule has 2 atom stereocenters. The number of para-hydroxylation sites is 1. The fourth-order valence-corrected chi connectivity index (χ4v) is 5.29. The molecule has 0 aliphatic carbocycles. The van der Waals surface area contributed by atoms with Crippen LogP contribution in [0.5, 0.6) is 23.0 Å². The zero-order valence-corrected chi connectivity index (χ0v) is 23.8. The molecule has 5 rings (SSSR count). The minimum atomic E-state index is -0.0483. The number of ether oxygens (including phenoxy) is 2. The third-order valence-electron chi connectivity index (χ3n) is 7.43. The maximum atomic E-state index is 10.1. The van der Waals surface area contributed by atoms with E-state index >= 15 is 0 Å². The summed E-state index contributed by atoms with van der Waals surface area (Å²) in [5.41, 5.74) is 8.41. The van der Waals surface area contributed by atoms with Crippen molar-refractivity contribution < 1.29 is 19.7 Å². The van der Waals surface area contributed by atoms with E-state index in [0.29, 0.717) is 43.1 Å². The first-order valence-electron chi connectivity index (χ1n) is 13.8. The van der Waals surface area contributed by atoms with Crippen molar-refractivity contribution in [3.8, 4) is 23.0 Å². The molecule has 2 aliphatic heterocycles. The third kappa shape index (κ3) is 5.77. The van der Waals surface area contributed by atoms with Crippen molar-refractivity contribution in [3.05, 3.63) is 77.9 Å². The topological polar surface area (TPSA) is 115 Å². The van der Waals surface area contributed by atoms with Crippen LogP contribution in [0.3, 0.4) is 0 Å². The second-order valence-electron chi connectivity index (χ2n) is 9.85. The number of hydrogen-bond acceptors (Lipinski definition) is 10. The number of benzene rings is 3. The Morgan fingerprint density at radius 1 is 0.805 bits per heavy atom. The number of methoxy groups -OCH3 is 2. The summed E-state index contributed by atoms with van der Waals surface area (Å²) in [6.45, 7) is 5.52. The average molecular weight is 557 g/mol. The lowest BCUT2D eigenvalue weighted by Gasteiger charge is -2.22. The van der Waals surface area contributed by atoms with Gasteiger partial charge in [0.2, 0.25) is 0 Å². The largest absolute Gasteiger partial charge is 0.504 e. The van der Waals surface area contributed by atoms with Gasteiger partial charge in [-0.05, 0) is 61.4 Å².